The fraction of sp³-hybridized carbons (Fsp3) is 0.455. The van der Waals surface area contributed by atoms with Gasteiger partial charge in [0.15, 0.2) is 0 Å². The number of hydrogen-bond donors (Lipinski definition) is 0. The van der Waals surface area contributed by atoms with E-state index >= 15 is 0 Å². The van der Waals surface area contributed by atoms with Gasteiger partial charge in [-0.05, 0) is 81.4 Å². The molecule has 3 rings (SSSR count). The molecule has 3 heteroatoms. The van der Waals surface area contributed by atoms with Gasteiger partial charge in [-0.2, -0.15) is 0 Å². The SMILES string of the molecule is C=CC(=CC(=CC)CC1CC(CCCN(CCC)C(=O)C2=C(C)C=CCC2)CC1=O)c1ccccc1. The van der Waals surface area contributed by atoms with Gasteiger partial charge in [-0.25, -0.2) is 0 Å². The molecule has 2 unspecified atom stereocenters. The van der Waals surface area contributed by atoms with Crippen LogP contribution in [0.1, 0.15) is 77.7 Å². The van der Waals surface area contributed by atoms with Crippen LogP contribution in [0.3, 0.4) is 0 Å². The number of benzene rings is 1. The second-order valence-corrected chi connectivity index (χ2v) is 10.2. The Kier molecular flexibility index (Phi) is 10.7. The molecular weight excluding hydrogens is 442 g/mol. The topological polar surface area (TPSA) is 37.4 Å². The van der Waals surface area contributed by atoms with Crippen molar-refractivity contribution in [3.8, 4) is 0 Å². The minimum atomic E-state index is 0.0921. The van der Waals surface area contributed by atoms with E-state index in [0.29, 0.717) is 18.1 Å². The molecule has 0 radical (unpaired) electrons. The smallest absolute Gasteiger partial charge is 0.250 e. The molecule has 2 atom stereocenters. The Labute approximate surface area is 218 Å². The number of rotatable bonds is 12. The molecule has 2 aliphatic rings. The third-order valence-electron chi connectivity index (χ3n) is 7.57. The molecular formula is C33H43NO2. The minimum Gasteiger partial charge on any atom is -0.339 e. The Morgan fingerprint density at radius 2 is 1.97 bits per heavy atom. The molecule has 0 bridgehead atoms. The van der Waals surface area contributed by atoms with Gasteiger partial charge < -0.3 is 4.90 Å². The van der Waals surface area contributed by atoms with E-state index in [4.69, 9.17) is 0 Å². The van der Waals surface area contributed by atoms with Crippen molar-refractivity contribution in [1.29, 1.82) is 0 Å². The van der Waals surface area contributed by atoms with Gasteiger partial charge in [-0.15, -0.1) is 0 Å². The highest BCUT2D eigenvalue weighted by molar-refractivity contribution is 5.95. The highest BCUT2D eigenvalue weighted by Gasteiger charge is 2.32. The van der Waals surface area contributed by atoms with Gasteiger partial charge >= 0.3 is 0 Å². The predicted octanol–water partition coefficient (Wildman–Crippen LogP) is 7.87. The second kappa shape index (κ2) is 14.0. The van der Waals surface area contributed by atoms with Crippen molar-refractivity contribution in [2.75, 3.05) is 13.1 Å². The molecule has 1 saturated carbocycles. The summed E-state index contributed by atoms with van der Waals surface area (Å²) in [6, 6.07) is 10.3. The molecule has 0 saturated heterocycles. The molecule has 2 aliphatic carbocycles. The largest absolute Gasteiger partial charge is 0.339 e. The lowest BCUT2D eigenvalue weighted by atomic mass is 9.92. The second-order valence-electron chi connectivity index (χ2n) is 10.2. The Bertz CT molecular complexity index is 1040. The summed E-state index contributed by atoms with van der Waals surface area (Å²) < 4.78 is 0. The van der Waals surface area contributed by atoms with Crippen LogP contribution in [0.4, 0.5) is 0 Å². The van der Waals surface area contributed by atoms with E-state index < -0.39 is 0 Å². The van der Waals surface area contributed by atoms with E-state index in [-0.39, 0.29) is 11.8 Å². The Hall–Kier alpha value is -2.94. The molecule has 36 heavy (non-hydrogen) atoms. The van der Waals surface area contributed by atoms with Crippen molar-refractivity contribution >= 4 is 17.3 Å². The quantitative estimate of drug-likeness (QED) is 0.282. The Balaban J connectivity index is 1.54. The van der Waals surface area contributed by atoms with Crippen molar-refractivity contribution in [2.24, 2.45) is 11.8 Å². The molecule has 1 fully saturated rings. The minimum absolute atomic E-state index is 0.0921. The molecule has 192 valence electrons. The van der Waals surface area contributed by atoms with Crippen molar-refractivity contribution in [2.45, 2.75) is 72.1 Å². The maximum absolute atomic E-state index is 13.2. The van der Waals surface area contributed by atoms with Crippen LogP contribution in [0, 0.1) is 11.8 Å². The van der Waals surface area contributed by atoms with Gasteiger partial charge in [0.05, 0.1) is 0 Å². The Morgan fingerprint density at radius 3 is 2.64 bits per heavy atom. The molecule has 0 heterocycles. The van der Waals surface area contributed by atoms with E-state index in [1.54, 1.807) is 0 Å². The first kappa shape index (κ1) is 27.6. The zero-order chi connectivity index (χ0) is 25.9. The van der Waals surface area contributed by atoms with E-state index in [2.05, 4.69) is 49.9 Å². The van der Waals surface area contributed by atoms with Crippen molar-refractivity contribution in [3.05, 3.63) is 89.6 Å². The summed E-state index contributed by atoms with van der Waals surface area (Å²) in [6.07, 6.45) is 17.6. The van der Waals surface area contributed by atoms with Crippen molar-refractivity contribution < 1.29 is 9.59 Å². The van der Waals surface area contributed by atoms with Crippen molar-refractivity contribution in [1.82, 2.24) is 4.90 Å². The maximum Gasteiger partial charge on any atom is 0.250 e. The standard InChI is InChI=1S/C33H43NO2/c1-5-19-34(33(36)31-18-12-11-14-25(31)4)20-13-15-27-23-30(32(35)24-27)22-26(6-2)21-28(7-3)29-16-9-8-10-17-29/h6-11,14,16-17,21,27,30H,3,5,12-13,15,18-20,22-24H2,1-2,4H3. The number of allylic oxidation sites excluding steroid dienone is 8. The first-order chi connectivity index (χ1) is 17.5. The van der Waals surface area contributed by atoms with Crippen LogP contribution in [0.2, 0.25) is 0 Å². The van der Waals surface area contributed by atoms with Crippen LogP contribution in [0.25, 0.3) is 5.57 Å². The molecule has 1 amide bonds. The fourth-order valence-electron chi connectivity index (χ4n) is 5.53. The monoisotopic (exact) mass is 485 g/mol. The normalized spacial score (nSPS) is 20.7. The van der Waals surface area contributed by atoms with Crippen LogP contribution < -0.4 is 0 Å². The summed E-state index contributed by atoms with van der Waals surface area (Å²) in [7, 11) is 0. The fourth-order valence-corrected chi connectivity index (χ4v) is 5.53. The van der Waals surface area contributed by atoms with Crippen LogP contribution in [0.5, 0.6) is 0 Å². The third-order valence-corrected chi connectivity index (χ3v) is 7.57. The van der Waals surface area contributed by atoms with Crippen LogP contribution in [0.15, 0.2) is 84.0 Å². The number of Topliss-reactive ketones (excluding diaryl/α,β-unsaturated/α-hetero) is 1. The maximum atomic E-state index is 13.2. The number of carbonyl (C=O) groups is 2. The third kappa shape index (κ3) is 7.53. The first-order valence-electron chi connectivity index (χ1n) is 13.7. The molecule has 1 aromatic carbocycles. The molecule has 0 spiro atoms. The lowest BCUT2D eigenvalue weighted by molar-refractivity contribution is -0.127. The molecule has 0 aromatic heterocycles. The summed E-state index contributed by atoms with van der Waals surface area (Å²) >= 11 is 0. The average molecular weight is 486 g/mol. The molecule has 1 aromatic rings. The summed E-state index contributed by atoms with van der Waals surface area (Å²) in [6.45, 7) is 11.8. The van der Waals surface area contributed by atoms with E-state index in [1.165, 1.54) is 5.57 Å². The number of nitrogens with zero attached hydrogens (tertiary/aromatic N) is 1. The van der Waals surface area contributed by atoms with Gasteiger partial charge in [0.2, 0.25) is 5.91 Å². The zero-order valence-electron chi connectivity index (χ0n) is 22.5. The number of ketones is 1. The van der Waals surface area contributed by atoms with Gasteiger partial charge in [0.25, 0.3) is 0 Å². The van der Waals surface area contributed by atoms with Gasteiger partial charge in [0.1, 0.15) is 5.78 Å². The van der Waals surface area contributed by atoms with Crippen LogP contribution in [-0.4, -0.2) is 29.7 Å². The first-order valence-corrected chi connectivity index (χ1v) is 13.7. The average Bonchev–Trinajstić information content (AvgIpc) is 3.24. The number of amides is 1. The Morgan fingerprint density at radius 1 is 1.19 bits per heavy atom. The van der Waals surface area contributed by atoms with E-state index in [0.717, 1.165) is 80.3 Å². The summed E-state index contributed by atoms with van der Waals surface area (Å²) in [4.78, 5) is 28.1. The lowest BCUT2D eigenvalue weighted by Gasteiger charge is -2.25. The van der Waals surface area contributed by atoms with Crippen LogP contribution in [-0.2, 0) is 9.59 Å². The lowest BCUT2D eigenvalue weighted by Crippen LogP contribution is -2.34. The summed E-state index contributed by atoms with van der Waals surface area (Å²) in [5.74, 6) is 1.12. The van der Waals surface area contributed by atoms with E-state index in [1.807, 2.05) is 43.0 Å². The molecule has 0 N–H and O–H groups in total. The summed E-state index contributed by atoms with van der Waals surface area (Å²) in [5, 5.41) is 0. The zero-order valence-corrected chi connectivity index (χ0v) is 22.5. The predicted molar refractivity (Wildman–Crippen MR) is 151 cm³/mol. The molecule has 0 aliphatic heterocycles. The number of hydrogen-bond acceptors (Lipinski definition) is 2. The van der Waals surface area contributed by atoms with Crippen LogP contribution >= 0.6 is 0 Å². The van der Waals surface area contributed by atoms with Gasteiger partial charge in [-0.3, -0.25) is 9.59 Å². The highest BCUT2D eigenvalue weighted by Crippen LogP contribution is 2.36. The van der Waals surface area contributed by atoms with Gasteiger partial charge in [-0.1, -0.05) is 79.8 Å². The van der Waals surface area contributed by atoms with E-state index in [9.17, 15) is 9.59 Å². The number of carbonyl (C=O) groups excluding carboxylic acids is 2. The van der Waals surface area contributed by atoms with Crippen molar-refractivity contribution in [3.63, 3.8) is 0 Å². The molecule has 3 nitrogen and oxygen atoms in total. The highest BCUT2D eigenvalue weighted by atomic mass is 16.2. The van der Waals surface area contributed by atoms with Gasteiger partial charge in [0, 0.05) is 31.0 Å². The summed E-state index contributed by atoms with van der Waals surface area (Å²) in [5.41, 5.74) is 5.51.